The van der Waals surface area contributed by atoms with Crippen LogP contribution < -0.4 is 21.6 Å². The highest BCUT2D eigenvalue weighted by atomic mass is 31.1. The third-order valence-electron chi connectivity index (χ3n) is 4.10. The minimum absolute atomic E-state index is 0.293. The molecular weight excluding hydrogens is 337 g/mol. The molecule has 0 spiro atoms. The molecule has 4 rings (SSSR count). The third kappa shape index (κ3) is 3.49. The number of nitrogen functional groups attached to an aromatic ring is 1. The molecule has 0 amide bonds. The Labute approximate surface area is 154 Å². The molecule has 3 aromatic carbocycles. The van der Waals surface area contributed by atoms with E-state index in [1.807, 2.05) is 6.07 Å². The molecule has 0 saturated heterocycles. The van der Waals surface area contributed by atoms with E-state index in [-0.39, 0.29) is 0 Å². The van der Waals surface area contributed by atoms with Crippen molar-refractivity contribution in [1.82, 2.24) is 9.97 Å². The van der Waals surface area contributed by atoms with Crippen molar-refractivity contribution in [3.05, 3.63) is 97.2 Å². The van der Waals surface area contributed by atoms with Crippen LogP contribution in [0.25, 0.3) is 11.3 Å². The van der Waals surface area contributed by atoms with E-state index in [0.717, 1.165) is 11.3 Å². The molecule has 0 aliphatic carbocycles. The first kappa shape index (κ1) is 16.4. The topological polar surface area (TPSA) is 51.8 Å². The van der Waals surface area contributed by atoms with E-state index in [2.05, 4.69) is 94.9 Å². The lowest BCUT2D eigenvalue weighted by Gasteiger charge is -2.20. The number of nitrogens with two attached hydrogens (primary N) is 1. The highest BCUT2D eigenvalue weighted by molar-refractivity contribution is 7.79. The summed E-state index contributed by atoms with van der Waals surface area (Å²) in [7, 11) is -0.635. The molecule has 4 aromatic rings. The second-order valence-electron chi connectivity index (χ2n) is 5.86. The Balaban J connectivity index is 1.83. The molecule has 0 aliphatic heterocycles. The Hall–Kier alpha value is -3.03. The van der Waals surface area contributed by atoms with Gasteiger partial charge in [-0.3, -0.25) is 0 Å². The van der Waals surface area contributed by atoms with Gasteiger partial charge in [0.2, 0.25) is 5.95 Å². The summed E-state index contributed by atoms with van der Waals surface area (Å²) in [5.41, 5.74) is 7.65. The largest absolute Gasteiger partial charge is 0.368 e. The van der Waals surface area contributed by atoms with Gasteiger partial charge in [-0.15, -0.1) is 0 Å². The van der Waals surface area contributed by atoms with Crippen LogP contribution in [0.5, 0.6) is 0 Å². The summed E-state index contributed by atoms with van der Waals surface area (Å²) in [5, 5.41) is 3.94. The SMILES string of the molecule is Nc1nccc(-c2cccc(P(c3ccccc3)c3ccccc3)c2)n1. The first-order valence-electron chi connectivity index (χ1n) is 8.40. The predicted octanol–water partition coefficient (Wildman–Crippen LogP) is 3.48. The van der Waals surface area contributed by atoms with Crippen molar-refractivity contribution in [2.75, 3.05) is 5.73 Å². The van der Waals surface area contributed by atoms with E-state index >= 15 is 0 Å². The minimum Gasteiger partial charge on any atom is -0.368 e. The highest BCUT2D eigenvalue weighted by Crippen LogP contribution is 2.33. The molecule has 0 unspecified atom stereocenters. The fraction of sp³-hybridized carbons (Fsp3) is 0. The van der Waals surface area contributed by atoms with Gasteiger partial charge in [0.05, 0.1) is 5.69 Å². The lowest BCUT2D eigenvalue weighted by Crippen LogP contribution is -2.20. The van der Waals surface area contributed by atoms with Crippen LogP contribution >= 0.6 is 7.92 Å². The summed E-state index contributed by atoms with van der Waals surface area (Å²) in [6.07, 6.45) is 1.70. The van der Waals surface area contributed by atoms with Gasteiger partial charge in [0, 0.05) is 11.8 Å². The summed E-state index contributed by atoms with van der Waals surface area (Å²) < 4.78 is 0. The Morgan fingerprint density at radius 2 is 1.27 bits per heavy atom. The zero-order valence-electron chi connectivity index (χ0n) is 14.2. The maximum Gasteiger partial charge on any atom is 0.220 e. The van der Waals surface area contributed by atoms with E-state index in [1.54, 1.807) is 6.20 Å². The molecule has 3 nitrogen and oxygen atoms in total. The molecule has 0 bridgehead atoms. The van der Waals surface area contributed by atoms with Gasteiger partial charge in [-0.2, -0.15) is 0 Å². The van der Waals surface area contributed by atoms with Crippen molar-refractivity contribution in [2.24, 2.45) is 0 Å². The summed E-state index contributed by atoms with van der Waals surface area (Å²) in [4.78, 5) is 8.35. The van der Waals surface area contributed by atoms with Crippen molar-refractivity contribution in [3.63, 3.8) is 0 Å². The van der Waals surface area contributed by atoms with Gasteiger partial charge in [-0.25, -0.2) is 9.97 Å². The van der Waals surface area contributed by atoms with E-state index in [0.29, 0.717) is 5.95 Å². The van der Waals surface area contributed by atoms with Gasteiger partial charge in [0.15, 0.2) is 0 Å². The quantitative estimate of drug-likeness (QED) is 0.570. The second-order valence-corrected chi connectivity index (χ2v) is 8.08. The van der Waals surface area contributed by atoms with E-state index in [1.165, 1.54) is 15.9 Å². The van der Waals surface area contributed by atoms with Gasteiger partial charge in [-0.1, -0.05) is 78.9 Å². The summed E-state index contributed by atoms with van der Waals surface area (Å²) in [6.45, 7) is 0. The summed E-state index contributed by atoms with van der Waals surface area (Å²) >= 11 is 0. The molecule has 0 aliphatic rings. The lowest BCUT2D eigenvalue weighted by molar-refractivity contribution is 1.19. The van der Waals surface area contributed by atoms with Crippen LogP contribution in [0, 0.1) is 0 Å². The maximum absolute atomic E-state index is 5.76. The van der Waals surface area contributed by atoms with Gasteiger partial charge >= 0.3 is 0 Å². The number of nitrogens with zero attached hydrogens (tertiary/aromatic N) is 2. The first-order valence-corrected chi connectivity index (χ1v) is 9.74. The van der Waals surface area contributed by atoms with Crippen molar-refractivity contribution >= 4 is 29.8 Å². The van der Waals surface area contributed by atoms with Crippen LogP contribution in [0.4, 0.5) is 5.95 Å². The number of rotatable bonds is 4. The monoisotopic (exact) mass is 355 g/mol. The molecule has 1 aromatic heterocycles. The molecule has 2 N–H and O–H groups in total. The van der Waals surface area contributed by atoms with E-state index in [4.69, 9.17) is 5.73 Å². The smallest absolute Gasteiger partial charge is 0.220 e. The number of anilines is 1. The fourth-order valence-electron chi connectivity index (χ4n) is 2.94. The van der Waals surface area contributed by atoms with Crippen LogP contribution in [0.2, 0.25) is 0 Å². The van der Waals surface area contributed by atoms with E-state index < -0.39 is 7.92 Å². The second kappa shape index (κ2) is 7.47. The molecule has 4 heteroatoms. The van der Waals surface area contributed by atoms with Gasteiger partial charge in [0.1, 0.15) is 0 Å². The average molecular weight is 355 g/mol. The van der Waals surface area contributed by atoms with E-state index in [9.17, 15) is 0 Å². The molecule has 0 saturated carbocycles. The molecular formula is C22H18N3P. The molecule has 0 fully saturated rings. The van der Waals surface area contributed by atoms with Crippen LogP contribution in [0.1, 0.15) is 0 Å². The van der Waals surface area contributed by atoms with Crippen LogP contribution in [0.3, 0.4) is 0 Å². The van der Waals surface area contributed by atoms with Crippen molar-refractivity contribution in [3.8, 4) is 11.3 Å². The number of hydrogen-bond acceptors (Lipinski definition) is 3. The first-order chi connectivity index (χ1) is 12.8. The standard InChI is InChI=1S/C22H18N3P/c23-22-24-15-14-21(25-22)17-8-7-13-20(16-17)26(18-9-3-1-4-10-18)19-11-5-2-6-12-19/h1-16H,(H2,23,24,25). The van der Waals surface area contributed by atoms with Crippen molar-refractivity contribution in [1.29, 1.82) is 0 Å². The number of aromatic nitrogens is 2. The Kier molecular flexibility index (Phi) is 4.72. The van der Waals surface area contributed by atoms with Crippen LogP contribution in [-0.2, 0) is 0 Å². The molecule has 126 valence electrons. The fourth-order valence-corrected chi connectivity index (χ4v) is 5.28. The Morgan fingerprint density at radius 3 is 1.88 bits per heavy atom. The summed E-state index contributed by atoms with van der Waals surface area (Å²) in [5.74, 6) is 0.293. The Bertz CT molecular complexity index is 964. The predicted molar refractivity (Wildman–Crippen MR) is 111 cm³/mol. The molecule has 0 atom stereocenters. The van der Waals surface area contributed by atoms with Gasteiger partial charge in [-0.05, 0) is 36.0 Å². The van der Waals surface area contributed by atoms with Crippen molar-refractivity contribution < 1.29 is 0 Å². The zero-order valence-corrected chi connectivity index (χ0v) is 15.1. The average Bonchev–Trinajstić information content (AvgIpc) is 2.70. The van der Waals surface area contributed by atoms with Crippen molar-refractivity contribution in [2.45, 2.75) is 0 Å². The highest BCUT2D eigenvalue weighted by Gasteiger charge is 2.16. The molecule has 1 heterocycles. The van der Waals surface area contributed by atoms with Gasteiger partial charge < -0.3 is 5.73 Å². The van der Waals surface area contributed by atoms with Gasteiger partial charge in [0.25, 0.3) is 0 Å². The third-order valence-corrected chi connectivity index (χ3v) is 6.53. The zero-order chi connectivity index (χ0) is 17.8. The summed E-state index contributed by atoms with van der Waals surface area (Å²) in [6, 6.07) is 31.8. The van der Waals surface area contributed by atoms with Crippen LogP contribution in [-0.4, -0.2) is 9.97 Å². The number of hydrogen-bond donors (Lipinski definition) is 1. The maximum atomic E-state index is 5.76. The molecule has 26 heavy (non-hydrogen) atoms. The Morgan fingerprint density at radius 1 is 0.654 bits per heavy atom. The minimum atomic E-state index is -0.635. The molecule has 0 radical (unpaired) electrons. The normalized spacial score (nSPS) is 10.8. The number of benzene rings is 3. The lowest BCUT2D eigenvalue weighted by atomic mass is 10.1. The van der Waals surface area contributed by atoms with Crippen LogP contribution in [0.15, 0.2) is 97.2 Å².